The molecule has 2 aromatic rings. The third-order valence-electron chi connectivity index (χ3n) is 4.67. The number of ether oxygens (including phenoxy) is 1. The van der Waals surface area contributed by atoms with Gasteiger partial charge in [-0.3, -0.25) is 0 Å². The topological polar surface area (TPSA) is 9.23 Å². The molecule has 25 heavy (non-hydrogen) atoms. The summed E-state index contributed by atoms with van der Waals surface area (Å²) in [6, 6.07) is 15.5. The number of hydrogen-bond acceptors (Lipinski definition) is 1. The van der Waals surface area contributed by atoms with E-state index in [1.54, 1.807) is 7.11 Å². The minimum atomic E-state index is -0.447. The van der Waals surface area contributed by atoms with Gasteiger partial charge in [0.15, 0.2) is 0 Å². The largest absolute Gasteiger partial charge is 0.373 e. The Bertz CT molecular complexity index is 729. The van der Waals surface area contributed by atoms with Gasteiger partial charge in [0.2, 0.25) is 0 Å². The summed E-state index contributed by atoms with van der Waals surface area (Å²) in [4.78, 5) is 0. The SMILES string of the molecule is COC(C)(C=C=C(c1ccc(Cl)cc1)c1ccc(Cl)cc1)C(C)(C)C. The first kappa shape index (κ1) is 19.8. The van der Waals surface area contributed by atoms with Crippen LogP contribution in [0.1, 0.15) is 38.8 Å². The Balaban J connectivity index is 2.64. The molecule has 0 aromatic heterocycles. The van der Waals surface area contributed by atoms with Crippen LogP contribution in [0.5, 0.6) is 0 Å². The van der Waals surface area contributed by atoms with Crippen molar-refractivity contribution in [3.8, 4) is 0 Å². The molecule has 132 valence electrons. The van der Waals surface area contributed by atoms with Gasteiger partial charge in [0, 0.05) is 22.7 Å². The highest BCUT2D eigenvalue weighted by Gasteiger charge is 2.35. The lowest BCUT2D eigenvalue weighted by atomic mass is 9.77. The molecule has 0 spiro atoms. The van der Waals surface area contributed by atoms with Gasteiger partial charge in [-0.05, 0) is 53.8 Å². The Hall–Kier alpha value is -1.50. The smallest absolute Gasteiger partial charge is 0.0952 e. The van der Waals surface area contributed by atoms with E-state index in [1.165, 1.54) is 0 Å². The van der Waals surface area contributed by atoms with Crippen LogP contribution in [-0.4, -0.2) is 12.7 Å². The molecule has 0 N–H and O–H groups in total. The van der Waals surface area contributed by atoms with Crippen molar-refractivity contribution in [2.45, 2.75) is 33.3 Å². The van der Waals surface area contributed by atoms with Gasteiger partial charge in [-0.1, -0.05) is 68.2 Å². The molecule has 0 saturated carbocycles. The average molecular weight is 375 g/mol. The van der Waals surface area contributed by atoms with Gasteiger partial charge < -0.3 is 4.74 Å². The molecule has 2 rings (SSSR count). The monoisotopic (exact) mass is 374 g/mol. The summed E-state index contributed by atoms with van der Waals surface area (Å²) in [5, 5.41) is 1.42. The van der Waals surface area contributed by atoms with Crippen LogP contribution in [-0.2, 0) is 4.74 Å². The lowest BCUT2D eigenvalue weighted by molar-refractivity contribution is -0.0372. The average Bonchev–Trinajstić information content (AvgIpc) is 2.56. The van der Waals surface area contributed by atoms with E-state index in [2.05, 4.69) is 33.4 Å². The third kappa shape index (κ3) is 4.77. The van der Waals surface area contributed by atoms with Crippen LogP contribution in [0.15, 0.2) is 60.3 Å². The summed E-state index contributed by atoms with van der Waals surface area (Å²) in [5.74, 6) is 0. The Labute approximate surface area is 160 Å². The van der Waals surface area contributed by atoms with Crippen molar-refractivity contribution in [3.05, 3.63) is 81.5 Å². The summed E-state index contributed by atoms with van der Waals surface area (Å²) >= 11 is 12.1. The van der Waals surface area contributed by atoms with Crippen molar-refractivity contribution >= 4 is 28.8 Å². The van der Waals surface area contributed by atoms with Crippen LogP contribution in [0.3, 0.4) is 0 Å². The molecule has 3 heteroatoms. The fourth-order valence-electron chi connectivity index (χ4n) is 2.36. The van der Waals surface area contributed by atoms with Crippen molar-refractivity contribution < 1.29 is 4.74 Å². The van der Waals surface area contributed by atoms with Crippen LogP contribution in [0.25, 0.3) is 5.57 Å². The van der Waals surface area contributed by atoms with E-state index in [0.29, 0.717) is 10.0 Å². The Morgan fingerprint density at radius 2 is 1.24 bits per heavy atom. The lowest BCUT2D eigenvalue weighted by Crippen LogP contribution is -2.39. The van der Waals surface area contributed by atoms with E-state index in [0.717, 1.165) is 16.7 Å². The zero-order chi connectivity index (χ0) is 18.7. The van der Waals surface area contributed by atoms with Gasteiger partial charge in [-0.15, -0.1) is 5.73 Å². The standard InChI is InChI=1S/C22H24Cl2O/c1-21(2,3)22(4,25-5)15-14-20(16-6-10-18(23)11-7-16)17-8-12-19(24)13-9-17/h6-13,15H,1-5H3. The first-order valence-electron chi connectivity index (χ1n) is 8.21. The lowest BCUT2D eigenvalue weighted by Gasteiger charge is -2.37. The van der Waals surface area contributed by atoms with Crippen molar-refractivity contribution in [1.82, 2.24) is 0 Å². The fourth-order valence-corrected chi connectivity index (χ4v) is 2.61. The summed E-state index contributed by atoms with van der Waals surface area (Å²) in [6.07, 6.45) is 2.01. The molecular formula is C22H24Cl2O. The molecule has 0 heterocycles. The maximum Gasteiger partial charge on any atom is 0.0952 e. The fraction of sp³-hybridized carbons (Fsp3) is 0.318. The van der Waals surface area contributed by atoms with Gasteiger partial charge >= 0.3 is 0 Å². The predicted octanol–water partition coefficient (Wildman–Crippen LogP) is 7.03. The molecular weight excluding hydrogens is 351 g/mol. The molecule has 0 amide bonds. The van der Waals surface area contributed by atoms with E-state index in [-0.39, 0.29) is 5.41 Å². The molecule has 0 aliphatic rings. The molecule has 0 aliphatic carbocycles. The normalized spacial score (nSPS) is 13.7. The van der Waals surface area contributed by atoms with E-state index < -0.39 is 5.60 Å². The minimum Gasteiger partial charge on any atom is -0.373 e. The third-order valence-corrected chi connectivity index (χ3v) is 5.17. The molecule has 0 aliphatic heterocycles. The second-order valence-electron chi connectivity index (χ2n) is 7.24. The summed E-state index contributed by atoms with van der Waals surface area (Å²) in [5.41, 5.74) is 6.00. The number of rotatable bonds is 4. The minimum absolute atomic E-state index is 0.0696. The number of hydrogen-bond donors (Lipinski definition) is 0. The summed E-state index contributed by atoms with van der Waals surface area (Å²) in [7, 11) is 1.73. The van der Waals surface area contributed by atoms with Crippen molar-refractivity contribution in [2.75, 3.05) is 7.11 Å². The molecule has 0 radical (unpaired) electrons. The van der Waals surface area contributed by atoms with Gasteiger partial charge in [0.05, 0.1) is 5.60 Å². The quantitative estimate of drug-likeness (QED) is 0.521. The molecule has 0 bridgehead atoms. The molecule has 1 atom stereocenters. The van der Waals surface area contributed by atoms with Crippen LogP contribution in [0.2, 0.25) is 10.0 Å². The molecule has 2 aromatic carbocycles. The highest BCUT2D eigenvalue weighted by atomic mass is 35.5. The number of methoxy groups -OCH3 is 1. The van der Waals surface area contributed by atoms with Crippen LogP contribution in [0, 0.1) is 5.41 Å². The van der Waals surface area contributed by atoms with Gasteiger partial charge in [0.25, 0.3) is 0 Å². The first-order chi connectivity index (χ1) is 11.7. The van der Waals surface area contributed by atoms with Crippen LogP contribution < -0.4 is 0 Å². The molecule has 0 saturated heterocycles. The van der Waals surface area contributed by atoms with Crippen LogP contribution >= 0.6 is 23.2 Å². The van der Waals surface area contributed by atoms with Crippen LogP contribution in [0.4, 0.5) is 0 Å². The highest BCUT2D eigenvalue weighted by molar-refractivity contribution is 6.31. The second kappa shape index (κ2) is 7.81. The van der Waals surface area contributed by atoms with E-state index >= 15 is 0 Å². The van der Waals surface area contributed by atoms with E-state index in [4.69, 9.17) is 27.9 Å². The zero-order valence-corrected chi connectivity index (χ0v) is 16.9. The van der Waals surface area contributed by atoms with Gasteiger partial charge in [-0.2, -0.15) is 0 Å². The van der Waals surface area contributed by atoms with Gasteiger partial charge in [0.1, 0.15) is 0 Å². The molecule has 1 nitrogen and oxygen atoms in total. The van der Waals surface area contributed by atoms with Crippen molar-refractivity contribution in [2.24, 2.45) is 5.41 Å². The highest BCUT2D eigenvalue weighted by Crippen LogP contribution is 2.35. The maximum absolute atomic E-state index is 6.04. The Kier molecular flexibility index (Phi) is 6.19. The summed E-state index contributed by atoms with van der Waals surface area (Å²) in [6.45, 7) is 8.53. The van der Waals surface area contributed by atoms with Crippen molar-refractivity contribution in [1.29, 1.82) is 0 Å². The summed E-state index contributed by atoms with van der Waals surface area (Å²) < 4.78 is 5.79. The van der Waals surface area contributed by atoms with Gasteiger partial charge in [-0.25, -0.2) is 0 Å². The number of benzene rings is 2. The molecule has 0 fully saturated rings. The zero-order valence-electron chi connectivity index (χ0n) is 15.4. The Morgan fingerprint density at radius 3 is 1.56 bits per heavy atom. The molecule has 1 unspecified atom stereocenters. The Morgan fingerprint density at radius 1 is 0.840 bits per heavy atom. The predicted molar refractivity (Wildman–Crippen MR) is 108 cm³/mol. The van der Waals surface area contributed by atoms with Crippen molar-refractivity contribution in [3.63, 3.8) is 0 Å². The van der Waals surface area contributed by atoms with E-state index in [9.17, 15) is 0 Å². The second-order valence-corrected chi connectivity index (χ2v) is 8.11. The maximum atomic E-state index is 6.04. The van der Waals surface area contributed by atoms with E-state index in [1.807, 2.05) is 54.6 Å². The number of halogens is 2. The first-order valence-corrected chi connectivity index (χ1v) is 8.97.